The maximum atomic E-state index is 12.1. The van der Waals surface area contributed by atoms with Crippen LogP contribution in [0.5, 0.6) is 5.75 Å². The van der Waals surface area contributed by atoms with E-state index in [1.165, 1.54) is 6.08 Å². The minimum atomic E-state index is -0.444. The summed E-state index contributed by atoms with van der Waals surface area (Å²) in [5.74, 6) is 0.241. The number of halogens is 1. The van der Waals surface area contributed by atoms with Crippen LogP contribution in [0.15, 0.2) is 58.6 Å². The molecule has 110 valence electrons. The molecular formula is C17H13BrN2O2. The normalized spacial score (nSPS) is 10.7. The van der Waals surface area contributed by atoms with Crippen LogP contribution >= 0.6 is 15.9 Å². The van der Waals surface area contributed by atoms with Gasteiger partial charge in [0.05, 0.1) is 11.6 Å². The van der Waals surface area contributed by atoms with Crippen molar-refractivity contribution >= 4 is 33.6 Å². The molecule has 0 aliphatic carbocycles. The van der Waals surface area contributed by atoms with Crippen LogP contribution in [0.2, 0.25) is 0 Å². The molecule has 0 saturated carbocycles. The molecule has 0 radical (unpaired) electrons. The number of amides is 1. The molecule has 0 spiro atoms. The highest BCUT2D eigenvalue weighted by atomic mass is 79.9. The lowest BCUT2D eigenvalue weighted by Gasteiger charge is -2.05. The van der Waals surface area contributed by atoms with Gasteiger partial charge in [-0.05, 0) is 51.8 Å². The lowest BCUT2D eigenvalue weighted by molar-refractivity contribution is -0.112. The first-order chi connectivity index (χ1) is 10.6. The smallest absolute Gasteiger partial charge is 0.266 e. The Balaban J connectivity index is 2.22. The van der Waals surface area contributed by atoms with E-state index in [0.717, 1.165) is 10.0 Å². The summed E-state index contributed by atoms with van der Waals surface area (Å²) in [5, 5.41) is 11.9. The van der Waals surface area contributed by atoms with Crippen molar-refractivity contribution in [2.24, 2.45) is 0 Å². The maximum Gasteiger partial charge on any atom is 0.266 e. The summed E-state index contributed by atoms with van der Waals surface area (Å²) >= 11 is 3.37. The van der Waals surface area contributed by atoms with Crippen molar-refractivity contribution in [2.45, 2.75) is 0 Å². The van der Waals surface area contributed by atoms with Crippen LogP contribution in [0.1, 0.15) is 5.56 Å². The van der Waals surface area contributed by atoms with Crippen molar-refractivity contribution in [3.63, 3.8) is 0 Å². The molecule has 0 heterocycles. The molecule has 2 rings (SSSR count). The van der Waals surface area contributed by atoms with Gasteiger partial charge in [0.25, 0.3) is 5.91 Å². The van der Waals surface area contributed by atoms with Crippen LogP contribution in [0.3, 0.4) is 0 Å². The van der Waals surface area contributed by atoms with Gasteiger partial charge >= 0.3 is 0 Å². The monoisotopic (exact) mass is 356 g/mol. The number of ether oxygens (including phenoxy) is 1. The predicted molar refractivity (Wildman–Crippen MR) is 89.4 cm³/mol. The summed E-state index contributed by atoms with van der Waals surface area (Å²) in [7, 11) is 1.57. The predicted octanol–water partition coefficient (Wildman–Crippen LogP) is 4.00. The Morgan fingerprint density at radius 1 is 1.27 bits per heavy atom. The highest BCUT2D eigenvalue weighted by Gasteiger charge is 2.10. The van der Waals surface area contributed by atoms with Crippen molar-refractivity contribution in [2.75, 3.05) is 12.4 Å². The van der Waals surface area contributed by atoms with Gasteiger partial charge in [0.15, 0.2) is 0 Å². The van der Waals surface area contributed by atoms with Gasteiger partial charge in [-0.25, -0.2) is 0 Å². The SMILES string of the molecule is COc1ccc(/C=C(\C#N)C(=O)Nc2ccccc2)cc1Br. The number of benzene rings is 2. The molecule has 0 atom stereocenters. The number of nitrogens with zero attached hydrogens (tertiary/aromatic N) is 1. The Bertz CT molecular complexity index is 749. The number of anilines is 1. The molecular weight excluding hydrogens is 344 g/mol. The minimum absolute atomic E-state index is 0.0286. The van der Waals surface area contributed by atoms with Gasteiger partial charge in [0.2, 0.25) is 0 Å². The zero-order valence-electron chi connectivity index (χ0n) is 11.8. The molecule has 5 heteroatoms. The van der Waals surface area contributed by atoms with Crippen LogP contribution in [-0.4, -0.2) is 13.0 Å². The summed E-state index contributed by atoms with van der Waals surface area (Å²) in [6.07, 6.45) is 1.53. The number of methoxy groups -OCH3 is 1. The third-order valence-electron chi connectivity index (χ3n) is 2.88. The Morgan fingerprint density at radius 2 is 2.00 bits per heavy atom. The number of hydrogen-bond acceptors (Lipinski definition) is 3. The van der Waals surface area contributed by atoms with E-state index < -0.39 is 5.91 Å². The molecule has 0 bridgehead atoms. The Hall–Kier alpha value is -2.58. The zero-order valence-corrected chi connectivity index (χ0v) is 13.4. The largest absolute Gasteiger partial charge is 0.496 e. The van der Waals surface area contributed by atoms with Crippen LogP contribution in [-0.2, 0) is 4.79 Å². The molecule has 1 amide bonds. The quantitative estimate of drug-likeness (QED) is 0.665. The van der Waals surface area contributed by atoms with Crippen molar-refractivity contribution in [3.05, 3.63) is 64.1 Å². The number of para-hydroxylation sites is 1. The molecule has 2 aromatic carbocycles. The molecule has 0 aliphatic heterocycles. The van der Waals surface area contributed by atoms with Gasteiger partial charge < -0.3 is 10.1 Å². The molecule has 2 aromatic rings. The second-order valence-electron chi connectivity index (χ2n) is 4.38. The first-order valence-electron chi connectivity index (χ1n) is 6.46. The first-order valence-corrected chi connectivity index (χ1v) is 7.25. The second-order valence-corrected chi connectivity index (χ2v) is 5.24. The molecule has 0 fully saturated rings. The Labute approximate surface area is 137 Å². The highest BCUT2D eigenvalue weighted by molar-refractivity contribution is 9.10. The number of carbonyl (C=O) groups is 1. The molecule has 0 unspecified atom stereocenters. The fourth-order valence-electron chi connectivity index (χ4n) is 1.81. The lowest BCUT2D eigenvalue weighted by atomic mass is 10.1. The van der Waals surface area contributed by atoms with Gasteiger partial charge in [-0.3, -0.25) is 4.79 Å². The Kier molecular flexibility index (Phi) is 5.34. The lowest BCUT2D eigenvalue weighted by Crippen LogP contribution is -2.13. The topological polar surface area (TPSA) is 62.1 Å². The molecule has 22 heavy (non-hydrogen) atoms. The molecule has 4 nitrogen and oxygen atoms in total. The van der Waals surface area contributed by atoms with Gasteiger partial charge in [-0.2, -0.15) is 5.26 Å². The average Bonchev–Trinajstić information content (AvgIpc) is 2.53. The summed E-state index contributed by atoms with van der Waals surface area (Å²) in [5.41, 5.74) is 1.40. The summed E-state index contributed by atoms with van der Waals surface area (Å²) in [6.45, 7) is 0. The maximum absolute atomic E-state index is 12.1. The minimum Gasteiger partial charge on any atom is -0.496 e. The third kappa shape index (κ3) is 3.96. The van der Waals surface area contributed by atoms with Crippen molar-refractivity contribution in [1.82, 2.24) is 0 Å². The number of nitriles is 1. The van der Waals surface area contributed by atoms with Crippen LogP contribution < -0.4 is 10.1 Å². The number of rotatable bonds is 4. The fourth-order valence-corrected chi connectivity index (χ4v) is 2.37. The average molecular weight is 357 g/mol. The molecule has 0 aliphatic rings. The summed E-state index contributed by atoms with van der Waals surface area (Å²) < 4.78 is 5.90. The molecule has 0 aromatic heterocycles. The summed E-state index contributed by atoms with van der Waals surface area (Å²) in [4.78, 5) is 12.1. The Morgan fingerprint density at radius 3 is 2.59 bits per heavy atom. The zero-order chi connectivity index (χ0) is 15.9. The van der Waals surface area contributed by atoms with E-state index in [4.69, 9.17) is 4.74 Å². The standard InChI is InChI=1S/C17H13BrN2O2/c1-22-16-8-7-12(10-15(16)18)9-13(11-19)17(21)20-14-5-3-2-4-6-14/h2-10H,1H3,(H,20,21)/b13-9+. The van der Waals surface area contributed by atoms with E-state index in [-0.39, 0.29) is 5.57 Å². The van der Waals surface area contributed by atoms with Gasteiger partial charge in [0.1, 0.15) is 17.4 Å². The molecule has 0 saturated heterocycles. The number of hydrogen-bond donors (Lipinski definition) is 1. The van der Waals surface area contributed by atoms with Crippen molar-refractivity contribution in [1.29, 1.82) is 5.26 Å². The van der Waals surface area contributed by atoms with Gasteiger partial charge in [-0.15, -0.1) is 0 Å². The van der Waals surface area contributed by atoms with E-state index in [0.29, 0.717) is 11.4 Å². The van der Waals surface area contributed by atoms with Crippen LogP contribution in [0.25, 0.3) is 6.08 Å². The van der Waals surface area contributed by atoms with E-state index in [2.05, 4.69) is 21.2 Å². The highest BCUT2D eigenvalue weighted by Crippen LogP contribution is 2.26. The van der Waals surface area contributed by atoms with Crippen molar-refractivity contribution < 1.29 is 9.53 Å². The van der Waals surface area contributed by atoms with Gasteiger partial charge in [-0.1, -0.05) is 24.3 Å². The number of carbonyl (C=O) groups excluding carboxylic acids is 1. The molecule has 1 N–H and O–H groups in total. The third-order valence-corrected chi connectivity index (χ3v) is 3.50. The summed E-state index contributed by atoms with van der Waals surface area (Å²) in [6, 6.07) is 16.2. The van der Waals surface area contributed by atoms with Gasteiger partial charge in [0, 0.05) is 5.69 Å². The van der Waals surface area contributed by atoms with E-state index in [1.807, 2.05) is 24.3 Å². The van der Waals surface area contributed by atoms with E-state index in [9.17, 15) is 10.1 Å². The second kappa shape index (κ2) is 7.43. The van der Waals surface area contributed by atoms with Crippen LogP contribution in [0, 0.1) is 11.3 Å². The van der Waals surface area contributed by atoms with Crippen molar-refractivity contribution in [3.8, 4) is 11.8 Å². The fraction of sp³-hybridized carbons (Fsp3) is 0.0588. The van der Waals surface area contributed by atoms with E-state index >= 15 is 0 Å². The van der Waals surface area contributed by atoms with E-state index in [1.54, 1.807) is 37.4 Å². The first kappa shape index (κ1) is 15.8. The number of nitrogens with one attached hydrogen (secondary N) is 1. The van der Waals surface area contributed by atoms with Crippen LogP contribution in [0.4, 0.5) is 5.69 Å².